The molecule has 1 aliphatic carbocycles. The van der Waals surface area contributed by atoms with E-state index in [9.17, 15) is 13.9 Å². The van der Waals surface area contributed by atoms with Crippen LogP contribution in [0.2, 0.25) is 0 Å². The van der Waals surface area contributed by atoms with Crippen molar-refractivity contribution in [3.63, 3.8) is 0 Å². The lowest BCUT2D eigenvalue weighted by atomic mass is 9.99. The molecule has 1 saturated carbocycles. The number of nitrogen functional groups attached to an aromatic ring is 1. The first-order valence-corrected chi connectivity index (χ1v) is 9.94. The highest BCUT2D eigenvalue weighted by molar-refractivity contribution is 6.12. The summed E-state index contributed by atoms with van der Waals surface area (Å²) < 4.78 is 35.8. The van der Waals surface area contributed by atoms with Gasteiger partial charge in [0.1, 0.15) is 5.82 Å². The molecule has 1 aliphatic rings. The van der Waals surface area contributed by atoms with E-state index in [-0.39, 0.29) is 23.2 Å². The van der Waals surface area contributed by atoms with Crippen LogP contribution in [0.3, 0.4) is 0 Å². The number of methoxy groups -OCH3 is 1. The monoisotopic (exact) mass is 409 g/mol. The standard InChI is InChI=1S/C23H21F2N3O2/c1-30-19-10-16(24)15(9-17(19)25)13-7-4-8-14-21(26)20-18(27-22(13)14)11-28(23(20)29)12-5-2-3-6-12/h4,7-12,29H,2-3,5-6,26H2,1H3. The maximum atomic E-state index is 14.8. The molecule has 3 N–H and O–H groups in total. The van der Waals surface area contributed by atoms with Gasteiger partial charge in [-0.05, 0) is 18.9 Å². The SMILES string of the molecule is COc1cc(F)c(-c2cccc3c(N)c4c(O)n(C5CCCC5)cc4nc23)cc1F. The van der Waals surface area contributed by atoms with Crippen molar-refractivity contribution >= 4 is 27.5 Å². The van der Waals surface area contributed by atoms with Crippen molar-refractivity contribution in [3.8, 4) is 22.8 Å². The molecule has 1 fully saturated rings. The topological polar surface area (TPSA) is 73.3 Å². The van der Waals surface area contributed by atoms with E-state index in [0.29, 0.717) is 33.1 Å². The van der Waals surface area contributed by atoms with E-state index < -0.39 is 11.6 Å². The predicted octanol–water partition coefficient (Wildman–Crippen LogP) is 5.55. The summed E-state index contributed by atoms with van der Waals surface area (Å²) >= 11 is 0. The van der Waals surface area contributed by atoms with E-state index >= 15 is 0 Å². The van der Waals surface area contributed by atoms with Crippen molar-refractivity contribution in [1.82, 2.24) is 9.55 Å². The van der Waals surface area contributed by atoms with Crippen LogP contribution in [0.25, 0.3) is 32.9 Å². The quantitative estimate of drug-likeness (QED) is 0.466. The predicted molar refractivity (Wildman–Crippen MR) is 113 cm³/mol. The maximum absolute atomic E-state index is 14.8. The van der Waals surface area contributed by atoms with Gasteiger partial charge in [0.05, 0.1) is 29.2 Å². The minimum absolute atomic E-state index is 0.0737. The van der Waals surface area contributed by atoms with Gasteiger partial charge < -0.3 is 20.1 Å². The Hall–Kier alpha value is -3.35. The molecule has 0 unspecified atom stereocenters. The van der Waals surface area contributed by atoms with Gasteiger partial charge in [0.15, 0.2) is 11.6 Å². The van der Waals surface area contributed by atoms with Crippen molar-refractivity contribution in [3.05, 3.63) is 48.2 Å². The van der Waals surface area contributed by atoms with Crippen LogP contribution < -0.4 is 10.5 Å². The number of aromatic nitrogens is 2. The molecule has 0 spiro atoms. The molecule has 7 heteroatoms. The fraction of sp³-hybridized carbons (Fsp3) is 0.261. The lowest BCUT2D eigenvalue weighted by Gasteiger charge is -2.12. The van der Waals surface area contributed by atoms with Crippen molar-refractivity contribution in [2.24, 2.45) is 0 Å². The molecule has 4 aromatic rings. The Morgan fingerprint density at radius 3 is 2.63 bits per heavy atom. The van der Waals surface area contributed by atoms with Crippen molar-refractivity contribution < 1.29 is 18.6 Å². The number of pyridine rings is 1. The van der Waals surface area contributed by atoms with Crippen LogP contribution in [0, 0.1) is 11.6 Å². The Morgan fingerprint density at radius 2 is 1.90 bits per heavy atom. The number of fused-ring (bicyclic) bond motifs is 2. The molecule has 0 aliphatic heterocycles. The minimum Gasteiger partial charge on any atom is -0.494 e. The van der Waals surface area contributed by atoms with E-state index in [1.807, 2.05) is 4.57 Å². The number of nitrogens with zero attached hydrogens (tertiary/aromatic N) is 2. The van der Waals surface area contributed by atoms with Gasteiger partial charge in [0.25, 0.3) is 0 Å². The third-order valence-electron chi connectivity index (χ3n) is 6.06. The number of hydrogen-bond acceptors (Lipinski definition) is 4. The first kappa shape index (κ1) is 18.7. The van der Waals surface area contributed by atoms with Crippen LogP contribution in [0.5, 0.6) is 11.6 Å². The van der Waals surface area contributed by atoms with Crippen molar-refractivity contribution in [2.45, 2.75) is 31.7 Å². The number of rotatable bonds is 3. The molecule has 0 radical (unpaired) electrons. The van der Waals surface area contributed by atoms with E-state index in [4.69, 9.17) is 15.5 Å². The molecule has 0 saturated heterocycles. The van der Waals surface area contributed by atoms with Gasteiger partial charge in [-0.25, -0.2) is 13.8 Å². The summed E-state index contributed by atoms with van der Waals surface area (Å²) in [5, 5.41) is 11.9. The highest BCUT2D eigenvalue weighted by Crippen LogP contribution is 2.43. The van der Waals surface area contributed by atoms with E-state index in [0.717, 1.165) is 37.8 Å². The van der Waals surface area contributed by atoms with Crippen LogP contribution in [0.4, 0.5) is 14.5 Å². The van der Waals surface area contributed by atoms with Crippen LogP contribution >= 0.6 is 0 Å². The van der Waals surface area contributed by atoms with E-state index in [1.54, 1.807) is 24.4 Å². The number of halogens is 2. The third kappa shape index (κ3) is 2.69. The lowest BCUT2D eigenvalue weighted by molar-refractivity contribution is 0.383. The first-order valence-electron chi connectivity index (χ1n) is 9.94. The normalized spacial score (nSPS) is 14.8. The third-order valence-corrected chi connectivity index (χ3v) is 6.06. The van der Waals surface area contributed by atoms with Crippen LogP contribution in [-0.4, -0.2) is 21.8 Å². The number of aromatic hydroxyl groups is 1. The fourth-order valence-corrected chi connectivity index (χ4v) is 4.55. The first-order chi connectivity index (χ1) is 14.5. The van der Waals surface area contributed by atoms with Crippen LogP contribution in [0.1, 0.15) is 31.7 Å². The van der Waals surface area contributed by atoms with Gasteiger partial charge in [-0.1, -0.05) is 31.0 Å². The van der Waals surface area contributed by atoms with Gasteiger partial charge in [0.2, 0.25) is 5.88 Å². The summed E-state index contributed by atoms with van der Waals surface area (Å²) in [7, 11) is 1.29. The van der Waals surface area contributed by atoms with Gasteiger partial charge in [0, 0.05) is 34.8 Å². The Balaban J connectivity index is 1.78. The smallest absolute Gasteiger partial charge is 0.203 e. The lowest BCUT2D eigenvalue weighted by Crippen LogP contribution is -2.01. The number of ether oxygens (including phenoxy) is 1. The molecule has 2 heterocycles. The highest BCUT2D eigenvalue weighted by atomic mass is 19.1. The second-order valence-corrected chi connectivity index (χ2v) is 7.75. The molecule has 2 aromatic heterocycles. The largest absolute Gasteiger partial charge is 0.494 e. The molecule has 0 amide bonds. The number of anilines is 1. The Labute approximate surface area is 171 Å². The summed E-state index contributed by atoms with van der Waals surface area (Å²) in [6, 6.07) is 7.51. The molecule has 2 aromatic carbocycles. The average Bonchev–Trinajstić information content (AvgIpc) is 3.37. The zero-order valence-electron chi connectivity index (χ0n) is 16.5. The number of nitrogens with two attached hydrogens (primary N) is 1. The zero-order valence-corrected chi connectivity index (χ0v) is 16.5. The molecule has 0 bridgehead atoms. The summed E-state index contributed by atoms with van der Waals surface area (Å²) in [6.07, 6.45) is 6.04. The van der Waals surface area contributed by atoms with Crippen molar-refractivity contribution in [1.29, 1.82) is 0 Å². The van der Waals surface area contributed by atoms with Gasteiger partial charge in [-0.3, -0.25) is 0 Å². The van der Waals surface area contributed by atoms with Crippen molar-refractivity contribution in [2.75, 3.05) is 12.8 Å². The minimum atomic E-state index is -0.662. The molecule has 30 heavy (non-hydrogen) atoms. The van der Waals surface area contributed by atoms with Crippen LogP contribution in [-0.2, 0) is 0 Å². The zero-order chi connectivity index (χ0) is 21.0. The molecular weight excluding hydrogens is 388 g/mol. The molecule has 154 valence electrons. The van der Waals surface area contributed by atoms with E-state index in [2.05, 4.69) is 0 Å². The van der Waals surface area contributed by atoms with Crippen LogP contribution in [0.15, 0.2) is 36.5 Å². The molecular formula is C23H21F2N3O2. The second kappa shape index (κ2) is 6.86. The average molecular weight is 409 g/mol. The fourth-order valence-electron chi connectivity index (χ4n) is 4.55. The molecule has 5 nitrogen and oxygen atoms in total. The Bertz CT molecular complexity index is 1290. The number of para-hydroxylation sites is 1. The van der Waals surface area contributed by atoms with Gasteiger partial charge in [-0.15, -0.1) is 0 Å². The summed E-state index contributed by atoms with van der Waals surface area (Å²) in [4.78, 5) is 4.70. The Kier molecular flexibility index (Phi) is 4.27. The summed E-state index contributed by atoms with van der Waals surface area (Å²) in [6.45, 7) is 0. The highest BCUT2D eigenvalue weighted by Gasteiger charge is 2.24. The summed E-state index contributed by atoms with van der Waals surface area (Å²) in [5.74, 6) is -1.33. The van der Waals surface area contributed by atoms with Gasteiger partial charge >= 0.3 is 0 Å². The second-order valence-electron chi connectivity index (χ2n) is 7.75. The van der Waals surface area contributed by atoms with Gasteiger partial charge in [-0.2, -0.15) is 0 Å². The van der Waals surface area contributed by atoms with E-state index in [1.165, 1.54) is 7.11 Å². The maximum Gasteiger partial charge on any atom is 0.203 e. The number of benzene rings is 2. The molecule has 5 rings (SSSR count). The Morgan fingerprint density at radius 1 is 1.13 bits per heavy atom. The number of hydrogen-bond donors (Lipinski definition) is 2. The molecule has 0 atom stereocenters. The summed E-state index contributed by atoms with van der Waals surface area (Å²) in [5.41, 5.74) is 8.29.